The fourth-order valence-electron chi connectivity index (χ4n) is 2.09. The predicted octanol–water partition coefficient (Wildman–Crippen LogP) is 3.34. The maximum Gasteiger partial charge on any atom is 0.104 e. The molecule has 1 saturated heterocycles. The molecule has 2 heterocycles. The van der Waals surface area contributed by atoms with Crippen molar-refractivity contribution in [1.82, 2.24) is 0 Å². The van der Waals surface area contributed by atoms with E-state index in [4.69, 9.17) is 9.15 Å². The fourth-order valence-corrected chi connectivity index (χ4v) is 2.09. The first-order valence-corrected chi connectivity index (χ1v) is 6.07. The molecule has 1 fully saturated rings. The summed E-state index contributed by atoms with van der Waals surface area (Å²) in [6.07, 6.45) is 7.36. The van der Waals surface area contributed by atoms with Crippen LogP contribution in [0, 0.1) is 0 Å². The van der Waals surface area contributed by atoms with Gasteiger partial charge in [-0.05, 0) is 37.8 Å². The lowest BCUT2D eigenvalue weighted by atomic mass is 10.0. The largest absolute Gasteiger partial charge is 0.466 e. The molecule has 2 heteroatoms. The van der Waals surface area contributed by atoms with Gasteiger partial charge in [0.05, 0.1) is 6.10 Å². The number of hydrogen-bond acceptors (Lipinski definition) is 2. The molecule has 0 N–H and O–H groups in total. The summed E-state index contributed by atoms with van der Waals surface area (Å²) in [5, 5.41) is 0. The van der Waals surface area contributed by atoms with E-state index in [2.05, 4.69) is 19.1 Å². The van der Waals surface area contributed by atoms with Gasteiger partial charge in [-0.25, -0.2) is 0 Å². The highest BCUT2D eigenvalue weighted by atomic mass is 16.5. The van der Waals surface area contributed by atoms with E-state index in [1.165, 1.54) is 19.3 Å². The van der Waals surface area contributed by atoms with Crippen molar-refractivity contribution in [2.24, 2.45) is 0 Å². The average Bonchev–Trinajstić information content (AvgIpc) is 2.76. The number of aryl methyl sites for hydroxylation is 2. The van der Waals surface area contributed by atoms with Crippen molar-refractivity contribution >= 4 is 0 Å². The summed E-state index contributed by atoms with van der Waals surface area (Å²) >= 11 is 0. The third kappa shape index (κ3) is 3.10. The summed E-state index contributed by atoms with van der Waals surface area (Å²) in [7, 11) is 0. The van der Waals surface area contributed by atoms with Crippen molar-refractivity contribution in [3.8, 4) is 0 Å². The maximum atomic E-state index is 5.69. The number of hydrogen-bond donors (Lipinski definition) is 0. The molecule has 15 heavy (non-hydrogen) atoms. The number of furan rings is 1. The smallest absolute Gasteiger partial charge is 0.104 e. The second kappa shape index (κ2) is 5.36. The SMILES string of the molecule is CCc1ccc(CCC2CCCCO2)o1. The summed E-state index contributed by atoms with van der Waals surface area (Å²) in [6, 6.07) is 4.18. The molecule has 0 radical (unpaired) electrons. The highest BCUT2D eigenvalue weighted by Gasteiger charge is 2.14. The van der Waals surface area contributed by atoms with Crippen molar-refractivity contribution in [3.05, 3.63) is 23.7 Å². The van der Waals surface area contributed by atoms with Crippen molar-refractivity contribution in [2.45, 2.75) is 51.6 Å². The van der Waals surface area contributed by atoms with Crippen LogP contribution in [0.1, 0.15) is 44.1 Å². The zero-order valence-electron chi connectivity index (χ0n) is 9.50. The Bertz CT molecular complexity index is 284. The first-order chi connectivity index (χ1) is 7.38. The van der Waals surface area contributed by atoms with Gasteiger partial charge in [-0.2, -0.15) is 0 Å². The standard InChI is InChI=1S/C13H20O2/c1-2-11-6-8-13(15-11)9-7-12-5-3-4-10-14-12/h6,8,12H,2-5,7,9-10H2,1H3. The molecule has 0 saturated carbocycles. The molecule has 0 amide bonds. The third-order valence-corrected chi connectivity index (χ3v) is 3.05. The molecule has 1 unspecified atom stereocenters. The van der Waals surface area contributed by atoms with Crippen molar-refractivity contribution < 1.29 is 9.15 Å². The minimum atomic E-state index is 0.467. The Hall–Kier alpha value is -0.760. The third-order valence-electron chi connectivity index (χ3n) is 3.05. The molecule has 2 rings (SSSR count). The van der Waals surface area contributed by atoms with Gasteiger partial charge in [-0.15, -0.1) is 0 Å². The van der Waals surface area contributed by atoms with Crippen LogP contribution in [-0.2, 0) is 17.6 Å². The maximum absolute atomic E-state index is 5.69. The van der Waals surface area contributed by atoms with E-state index in [0.29, 0.717) is 6.10 Å². The Balaban J connectivity index is 1.76. The summed E-state index contributed by atoms with van der Waals surface area (Å²) in [6.45, 7) is 3.07. The molecular formula is C13H20O2. The van der Waals surface area contributed by atoms with Crippen molar-refractivity contribution in [3.63, 3.8) is 0 Å². The highest BCUT2D eigenvalue weighted by molar-refractivity contribution is 5.07. The van der Waals surface area contributed by atoms with E-state index in [0.717, 1.165) is 37.4 Å². The van der Waals surface area contributed by atoms with E-state index in [1.54, 1.807) is 0 Å². The molecule has 0 aromatic carbocycles. The van der Waals surface area contributed by atoms with Gasteiger partial charge in [-0.1, -0.05) is 6.92 Å². The van der Waals surface area contributed by atoms with Crippen LogP contribution in [0.3, 0.4) is 0 Å². The van der Waals surface area contributed by atoms with Gasteiger partial charge >= 0.3 is 0 Å². The van der Waals surface area contributed by atoms with E-state index < -0.39 is 0 Å². The van der Waals surface area contributed by atoms with Gasteiger partial charge in [0.2, 0.25) is 0 Å². The summed E-state index contributed by atoms with van der Waals surface area (Å²) < 4.78 is 11.4. The molecule has 1 aromatic heterocycles. The molecular weight excluding hydrogens is 188 g/mol. The van der Waals surface area contributed by atoms with Crippen LogP contribution < -0.4 is 0 Å². The van der Waals surface area contributed by atoms with E-state index in [1.807, 2.05) is 0 Å². The van der Waals surface area contributed by atoms with Crippen LogP contribution in [0.5, 0.6) is 0 Å². The number of ether oxygens (including phenoxy) is 1. The Morgan fingerprint density at radius 2 is 2.13 bits per heavy atom. The van der Waals surface area contributed by atoms with E-state index in [-0.39, 0.29) is 0 Å². The molecule has 0 bridgehead atoms. The van der Waals surface area contributed by atoms with Crippen LogP contribution in [0.4, 0.5) is 0 Å². The second-order valence-corrected chi connectivity index (χ2v) is 4.25. The first kappa shape index (κ1) is 10.7. The molecule has 2 nitrogen and oxygen atoms in total. The zero-order chi connectivity index (χ0) is 10.5. The van der Waals surface area contributed by atoms with Crippen LogP contribution in [0.25, 0.3) is 0 Å². The topological polar surface area (TPSA) is 22.4 Å². The molecule has 1 aromatic rings. The van der Waals surface area contributed by atoms with Gasteiger partial charge in [0.15, 0.2) is 0 Å². The predicted molar refractivity (Wildman–Crippen MR) is 60.0 cm³/mol. The summed E-state index contributed by atoms with van der Waals surface area (Å²) in [5.41, 5.74) is 0. The van der Waals surface area contributed by atoms with Crippen LogP contribution in [0.15, 0.2) is 16.5 Å². The zero-order valence-corrected chi connectivity index (χ0v) is 9.50. The Kier molecular flexibility index (Phi) is 3.84. The fraction of sp³-hybridized carbons (Fsp3) is 0.692. The van der Waals surface area contributed by atoms with Gasteiger partial charge in [0.1, 0.15) is 11.5 Å². The van der Waals surface area contributed by atoms with Gasteiger partial charge in [-0.3, -0.25) is 0 Å². The van der Waals surface area contributed by atoms with E-state index in [9.17, 15) is 0 Å². The van der Waals surface area contributed by atoms with Crippen LogP contribution >= 0.6 is 0 Å². The molecule has 84 valence electrons. The van der Waals surface area contributed by atoms with Crippen molar-refractivity contribution in [2.75, 3.05) is 6.61 Å². The first-order valence-electron chi connectivity index (χ1n) is 6.07. The normalized spacial score (nSPS) is 21.8. The molecule has 0 spiro atoms. The lowest BCUT2D eigenvalue weighted by molar-refractivity contribution is 0.0107. The Morgan fingerprint density at radius 3 is 2.80 bits per heavy atom. The lowest BCUT2D eigenvalue weighted by Crippen LogP contribution is -2.19. The number of rotatable bonds is 4. The average molecular weight is 208 g/mol. The van der Waals surface area contributed by atoms with Crippen LogP contribution in [0.2, 0.25) is 0 Å². The monoisotopic (exact) mass is 208 g/mol. The Labute approximate surface area is 91.6 Å². The van der Waals surface area contributed by atoms with Gasteiger partial charge < -0.3 is 9.15 Å². The second-order valence-electron chi connectivity index (χ2n) is 4.25. The van der Waals surface area contributed by atoms with Crippen molar-refractivity contribution in [1.29, 1.82) is 0 Å². The highest BCUT2D eigenvalue weighted by Crippen LogP contribution is 2.18. The molecule has 1 atom stereocenters. The lowest BCUT2D eigenvalue weighted by Gasteiger charge is -2.21. The quantitative estimate of drug-likeness (QED) is 0.757. The van der Waals surface area contributed by atoms with Gasteiger partial charge in [0.25, 0.3) is 0 Å². The molecule has 1 aliphatic rings. The molecule has 0 aliphatic carbocycles. The minimum Gasteiger partial charge on any atom is -0.466 e. The van der Waals surface area contributed by atoms with E-state index >= 15 is 0 Å². The summed E-state index contributed by atoms with van der Waals surface area (Å²) in [4.78, 5) is 0. The van der Waals surface area contributed by atoms with Crippen LogP contribution in [-0.4, -0.2) is 12.7 Å². The minimum absolute atomic E-state index is 0.467. The van der Waals surface area contributed by atoms with Gasteiger partial charge in [0, 0.05) is 19.4 Å². The molecule has 1 aliphatic heterocycles. The summed E-state index contributed by atoms with van der Waals surface area (Å²) in [5.74, 6) is 2.20. The Morgan fingerprint density at radius 1 is 1.27 bits per heavy atom.